The molecule has 126 valence electrons. The van der Waals surface area contributed by atoms with Crippen LogP contribution in [0.25, 0.3) is 0 Å². The van der Waals surface area contributed by atoms with Gasteiger partial charge in [0.05, 0.1) is 24.2 Å². The monoisotopic (exact) mass is 306 g/mol. The topological polar surface area (TPSA) is 27.1 Å². The zero-order valence-electron chi connectivity index (χ0n) is 14.7. The van der Waals surface area contributed by atoms with Crippen LogP contribution in [0.5, 0.6) is 0 Å². The minimum absolute atomic E-state index is 0.639. The van der Waals surface area contributed by atoms with Crippen LogP contribution >= 0.6 is 0 Å². The molecule has 0 saturated carbocycles. The Bertz CT molecular complexity index is 390. The third-order valence-electron chi connectivity index (χ3n) is 5.94. The summed E-state index contributed by atoms with van der Waals surface area (Å²) in [6.45, 7) is 4.63. The second kappa shape index (κ2) is 7.70. The molecule has 0 amide bonds. The van der Waals surface area contributed by atoms with Crippen LogP contribution in [0.1, 0.15) is 90.9 Å². The number of nitrogens with zero attached hydrogens (tertiary/aromatic N) is 1. The van der Waals surface area contributed by atoms with Crippen LogP contribution in [-0.2, 0) is 0 Å². The average molecular weight is 307 g/mol. The van der Waals surface area contributed by atoms with Gasteiger partial charge in [-0.05, 0) is 26.2 Å². The second-order valence-electron chi connectivity index (χ2n) is 7.91. The lowest BCUT2D eigenvalue weighted by Crippen LogP contribution is -2.61. The molecule has 3 nitrogen and oxygen atoms in total. The van der Waals surface area contributed by atoms with Crippen molar-refractivity contribution in [2.24, 2.45) is 0 Å². The summed E-state index contributed by atoms with van der Waals surface area (Å²) in [5.74, 6) is 1.37. The fourth-order valence-electron chi connectivity index (χ4n) is 4.80. The molecule has 0 spiro atoms. The Hall–Kier alpha value is -0.730. The maximum absolute atomic E-state index is 3.83. The highest BCUT2D eigenvalue weighted by molar-refractivity contribution is 5.76. The molecule has 1 saturated heterocycles. The molecular formula is C19H36N3+. The van der Waals surface area contributed by atoms with Gasteiger partial charge in [-0.15, -0.1) is 0 Å². The van der Waals surface area contributed by atoms with Crippen molar-refractivity contribution in [1.29, 1.82) is 0 Å². The highest BCUT2D eigenvalue weighted by Crippen LogP contribution is 2.31. The van der Waals surface area contributed by atoms with Gasteiger partial charge in [-0.3, -0.25) is 15.2 Å². The first kappa shape index (κ1) is 16.1. The summed E-state index contributed by atoms with van der Waals surface area (Å²) in [6.07, 6.45) is 16.8. The maximum atomic E-state index is 3.83. The minimum Gasteiger partial charge on any atom is -0.275 e. The smallest absolute Gasteiger partial charge is 0.275 e. The molecule has 1 fully saturated rings. The average Bonchev–Trinajstić information content (AvgIpc) is 2.90. The first-order valence-corrected chi connectivity index (χ1v) is 9.96. The molecule has 0 aromatic rings. The third-order valence-corrected chi connectivity index (χ3v) is 5.94. The Morgan fingerprint density at radius 3 is 2.36 bits per heavy atom. The van der Waals surface area contributed by atoms with Crippen LogP contribution in [0.15, 0.2) is 0 Å². The van der Waals surface area contributed by atoms with Crippen LogP contribution in [0.2, 0.25) is 0 Å². The van der Waals surface area contributed by atoms with E-state index in [0.717, 1.165) is 12.1 Å². The fraction of sp³-hybridized carbons (Fsp3) is 0.947. The van der Waals surface area contributed by atoms with Crippen LogP contribution < -0.4 is 10.6 Å². The minimum atomic E-state index is 0.639. The Labute approximate surface area is 136 Å². The molecule has 0 aromatic carbocycles. The predicted octanol–water partition coefficient (Wildman–Crippen LogP) is 3.77. The van der Waals surface area contributed by atoms with E-state index in [9.17, 15) is 0 Å². The molecule has 2 N–H and O–H groups in total. The van der Waals surface area contributed by atoms with E-state index in [4.69, 9.17) is 0 Å². The van der Waals surface area contributed by atoms with Gasteiger partial charge in [0.1, 0.15) is 0 Å². The lowest BCUT2D eigenvalue weighted by atomic mass is 9.97. The first-order valence-electron chi connectivity index (χ1n) is 9.96. The van der Waals surface area contributed by atoms with E-state index >= 15 is 0 Å². The number of nitrogens with one attached hydrogen (secondary N) is 2. The van der Waals surface area contributed by atoms with E-state index < -0.39 is 0 Å². The molecule has 3 rings (SSSR count). The van der Waals surface area contributed by atoms with Crippen LogP contribution in [-0.4, -0.2) is 34.7 Å². The standard InChI is InChI=1S/C19H35N3/c1-3-4-5-6-7-8-9-10-16-14-18-12-11-17-13-15(2)20-19(21-16)22(17)18/h15-18H,3-14H2,1-2H3,(H,20,21)/p+1/t15-,16-,17+,18+/m1/s1. The Morgan fingerprint density at radius 1 is 0.909 bits per heavy atom. The number of rotatable bonds is 8. The molecule has 0 radical (unpaired) electrons. The van der Waals surface area contributed by atoms with Crippen molar-refractivity contribution in [2.45, 2.75) is 115 Å². The van der Waals surface area contributed by atoms with Gasteiger partial charge in [0, 0.05) is 12.8 Å². The van der Waals surface area contributed by atoms with Gasteiger partial charge < -0.3 is 0 Å². The van der Waals surface area contributed by atoms with Gasteiger partial charge in [0.2, 0.25) is 0 Å². The number of guanidine groups is 1. The van der Waals surface area contributed by atoms with Gasteiger partial charge in [0.25, 0.3) is 0 Å². The van der Waals surface area contributed by atoms with E-state index in [1.165, 1.54) is 83.0 Å². The Balaban J connectivity index is 1.41. The highest BCUT2D eigenvalue weighted by Gasteiger charge is 2.44. The van der Waals surface area contributed by atoms with Crippen LogP contribution in [0.4, 0.5) is 0 Å². The molecule has 0 unspecified atom stereocenters. The Kier molecular flexibility index (Phi) is 5.65. The van der Waals surface area contributed by atoms with Crippen LogP contribution in [0.3, 0.4) is 0 Å². The molecule has 0 aromatic heterocycles. The van der Waals surface area contributed by atoms with Crippen molar-refractivity contribution in [3.8, 4) is 0 Å². The molecular weight excluding hydrogens is 270 g/mol. The largest absolute Gasteiger partial charge is 0.346 e. The van der Waals surface area contributed by atoms with Crippen molar-refractivity contribution in [3.63, 3.8) is 0 Å². The fourth-order valence-corrected chi connectivity index (χ4v) is 4.80. The third kappa shape index (κ3) is 3.78. The maximum Gasteiger partial charge on any atom is 0.346 e. The number of hydrogen-bond donors (Lipinski definition) is 2. The number of unbranched alkanes of at least 4 members (excludes halogenated alkanes) is 6. The molecule has 3 aliphatic rings. The lowest BCUT2D eigenvalue weighted by Gasteiger charge is -2.35. The molecule has 3 heterocycles. The lowest BCUT2D eigenvalue weighted by molar-refractivity contribution is -0.593. The van der Waals surface area contributed by atoms with Crippen molar-refractivity contribution in [1.82, 2.24) is 10.6 Å². The highest BCUT2D eigenvalue weighted by atomic mass is 15.3. The summed E-state index contributed by atoms with van der Waals surface area (Å²) in [7, 11) is 0. The van der Waals surface area contributed by atoms with Crippen molar-refractivity contribution < 1.29 is 4.58 Å². The van der Waals surface area contributed by atoms with Gasteiger partial charge in [0.15, 0.2) is 0 Å². The summed E-state index contributed by atoms with van der Waals surface area (Å²) in [5, 5.41) is 7.53. The summed E-state index contributed by atoms with van der Waals surface area (Å²) in [4.78, 5) is 0. The second-order valence-corrected chi connectivity index (χ2v) is 7.91. The molecule has 3 aliphatic heterocycles. The summed E-state index contributed by atoms with van der Waals surface area (Å²) >= 11 is 0. The molecule has 4 atom stereocenters. The SMILES string of the molecule is CCCCCCCCC[C@@H]1C[C@@H]2CC[C@H]3C[C@@H](C)NC(=[N+]23)N1. The van der Waals surface area contributed by atoms with E-state index in [1.807, 2.05) is 0 Å². The van der Waals surface area contributed by atoms with Gasteiger partial charge in [-0.2, -0.15) is 0 Å². The summed E-state index contributed by atoms with van der Waals surface area (Å²) < 4.78 is 2.68. The number of hydrogen-bond acceptors (Lipinski definition) is 2. The Morgan fingerprint density at radius 2 is 1.59 bits per heavy atom. The normalized spacial score (nSPS) is 33.4. The van der Waals surface area contributed by atoms with Crippen molar-refractivity contribution >= 4 is 5.96 Å². The van der Waals surface area contributed by atoms with E-state index in [1.54, 1.807) is 0 Å². The van der Waals surface area contributed by atoms with Gasteiger partial charge >= 0.3 is 5.96 Å². The van der Waals surface area contributed by atoms with E-state index in [-0.39, 0.29) is 0 Å². The van der Waals surface area contributed by atoms with Crippen molar-refractivity contribution in [2.75, 3.05) is 0 Å². The predicted molar refractivity (Wildman–Crippen MR) is 93.4 cm³/mol. The summed E-state index contributed by atoms with van der Waals surface area (Å²) in [5.41, 5.74) is 0. The summed E-state index contributed by atoms with van der Waals surface area (Å²) in [6, 6.07) is 2.97. The first-order chi connectivity index (χ1) is 10.8. The van der Waals surface area contributed by atoms with Gasteiger partial charge in [-0.25, -0.2) is 0 Å². The van der Waals surface area contributed by atoms with E-state index in [0.29, 0.717) is 12.1 Å². The quantitative estimate of drug-likeness (QED) is 0.527. The molecule has 0 bridgehead atoms. The zero-order valence-corrected chi connectivity index (χ0v) is 14.7. The molecule has 0 aliphatic carbocycles. The van der Waals surface area contributed by atoms with Crippen LogP contribution in [0, 0.1) is 0 Å². The molecule has 22 heavy (non-hydrogen) atoms. The van der Waals surface area contributed by atoms with E-state index in [2.05, 4.69) is 29.1 Å². The molecule has 3 heteroatoms. The zero-order chi connectivity index (χ0) is 15.4. The van der Waals surface area contributed by atoms with Crippen molar-refractivity contribution in [3.05, 3.63) is 0 Å². The van der Waals surface area contributed by atoms with Gasteiger partial charge in [-0.1, -0.05) is 51.9 Å².